The van der Waals surface area contributed by atoms with E-state index in [1.54, 1.807) is 13.8 Å². The summed E-state index contributed by atoms with van der Waals surface area (Å²) in [5, 5.41) is 5.48. The molecule has 0 aliphatic heterocycles. The molecule has 0 aromatic heterocycles. The third kappa shape index (κ3) is 12.0. The summed E-state index contributed by atoms with van der Waals surface area (Å²) in [7, 11) is 0. The van der Waals surface area contributed by atoms with E-state index in [9.17, 15) is 19.2 Å². The van der Waals surface area contributed by atoms with Crippen molar-refractivity contribution in [3.8, 4) is 0 Å². The minimum atomic E-state index is -0.573. The average Bonchev–Trinajstić information content (AvgIpc) is 2.78. The predicted octanol–water partition coefficient (Wildman–Crippen LogP) is 2.48. The molecule has 0 aromatic carbocycles. The first-order valence-corrected chi connectivity index (χ1v) is 10.7. The number of rotatable bonds is 12. The molecule has 2 amide bonds. The maximum atomic E-state index is 11.9. The summed E-state index contributed by atoms with van der Waals surface area (Å²) >= 11 is 0. The van der Waals surface area contributed by atoms with Crippen LogP contribution in [0, 0.1) is 11.8 Å². The molecule has 32 heavy (non-hydrogen) atoms. The molecule has 0 aromatic rings. The second-order valence-corrected chi connectivity index (χ2v) is 7.76. The Morgan fingerprint density at radius 2 is 1.25 bits per heavy atom. The van der Waals surface area contributed by atoms with Gasteiger partial charge >= 0.3 is 24.1 Å². The fourth-order valence-corrected chi connectivity index (χ4v) is 3.26. The van der Waals surface area contributed by atoms with E-state index in [0.717, 1.165) is 37.8 Å². The molecule has 0 bridgehead atoms. The van der Waals surface area contributed by atoms with Crippen LogP contribution >= 0.6 is 0 Å². The van der Waals surface area contributed by atoms with E-state index in [1.807, 2.05) is 0 Å². The maximum Gasteiger partial charge on any atom is 0.407 e. The van der Waals surface area contributed by atoms with Crippen LogP contribution in [-0.4, -0.2) is 62.6 Å². The van der Waals surface area contributed by atoms with Crippen molar-refractivity contribution in [3.05, 3.63) is 25.3 Å². The van der Waals surface area contributed by atoms with Crippen molar-refractivity contribution < 1.29 is 38.1 Å². The summed E-state index contributed by atoms with van der Waals surface area (Å²) in [6.45, 7) is 10.7. The second-order valence-electron chi connectivity index (χ2n) is 7.76. The number of amides is 2. The number of alkyl carbamates (subject to hydrolysis) is 2. The van der Waals surface area contributed by atoms with Gasteiger partial charge in [-0.05, 0) is 44.9 Å². The average molecular weight is 455 g/mol. The van der Waals surface area contributed by atoms with Gasteiger partial charge in [0.1, 0.15) is 25.4 Å². The first-order chi connectivity index (χ1) is 15.2. The molecule has 2 N–H and O–H groups in total. The molecule has 10 heteroatoms. The van der Waals surface area contributed by atoms with Crippen LogP contribution in [-0.2, 0) is 28.5 Å². The zero-order chi connectivity index (χ0) is 23.9. The van der Waals surface area contributed by atoms with Gasteiger partial charge in [0, 0.05) is 25.2 Å². The molecule has 0 radical (unpaired) electrons. The number of hydrogen-bond donors (Lipinski definition) is 2. The van der Waals surface area contributed by atoms with Crippen LogP contribution in [0.2, 0.25) is 0 Å². The molecule has 0 saturated heterocycles. The van der Waals surface area contributed by atoms with E-state index in [4.69, 9.17) is 18.9 Å². The SMILES string of the molecule is C=CC(=O)OCC(C)OC(=O)NCC1CCCC(CNC(=O)O[C@H](C)COC(=O)C=C)C1. The van der Waals surface area contributed by atoms with Gasteiger partial charge in [-0.15, -0.1) is 0 Å². The zero-order valence-corrected chi connectivity index (χ0v) is 18.8. The normalized spacial score (nSPS) is 19.4. The van der Waals surface area contributed by atoms with E-state index in [2.05, 4.69) is 23.8 Å². The molecule has 180 valence electrons. The van der Waals surface area contributed by atoms with Crippen molar-refractivity contribution in [2.45, 2.75) is 51.7 Å². The molecule has 1 fully saturated rings. The molecular formula is C22H34N2O8. The van der Waals surface area contributed by atoms with Gasteiger partial charge in [-0.1, -0.05) is 19.6 Å². The molecule has 4 atom stereocenters. The molecular weight excluding hydrogens is 420 g/mol. The second kappa shape index (κ2) is 14.9. The summed E-state index contributed by atoms with van der Waals surface area (Å²) in [5.41, 5.74) is 0. The van der Waals surface area contributed by atoms with Gasteiger partial charge < -0.3 is 29.6 Å². The summed E-state index contributed by atoms with van der Waals surface area (Å²) in [5.74, 6) is -0.607. The smallest absolute Gasteiger partial charge is 0.407 e. The first kappa shape index (κ1) is 27.0. The van der Waals surface area contributed by atoms with Gasteiger partial charge in [-0.2, -0.15) is 0 Å². The van der Waals surface area contributed by atoms with Crippen molar-refractivity contribution in [1.82, 2.24) is 10.6 Å². The lowest BCUT2D eigenvalue weighted by Gasteiger charge is -2.29. The number of ether oxygens (including phenoxy) is 4. The number of hydrogen-bond acceptors (Lipinski definition) is 8. The van der Waals surface area contributed by atoms with Crippen LogP contribution in [0.25, 0.3) is 0 Å². The van der Waals surface area contributed by atoms with E-state index >= 15 is 0 Å². The van der Waals surface area contributed by atoms with Crippen molar-refractivity contribution in [1.29, 1.82) is 0 Å². The van der Waals surface area contributed by atoms with E-state index in [1.165, 1.54) is 0 Å². The van der Waals surface area contributed by atoms with Crippen LogP contribution < -0.4 is 10.6 Å². The highest BCUT2D eigenvalue weighted by Gasteiger charge is 2.24. The standard InChI is InChI=1S/C22H34N2O8/c1-5-19(25)29-13-15(3)31-21(27)23-11-17-8-7-9-18(10-17)12-24-22(28)32-16(4)14-30-20(26)6-2/h5-6,15-18H,1-2,7-14H2,3-4H3,(H,23,27)(H,24,28)/t15-,16?,17?,18?/m1/s1. The lowest BCUT2D eigenvalue weighted by Crippen LogP contribution is -2.38. The van der Waals surface area contributed by atoms with Crippen LogP contribution in [0.5, 0.6) is 0 Å². The monoisotopic (exact) mass is 454 g/mol. The number of esters is 2. The molecule has 0 spiro atoms. The molecule has 1 saturated carbocycles. The van der Waals surface area contributed by atoms with Gasteiger partial charge in [0.15, 0.2) is 0 Å². The molecule has 1 aliphatic carbocycles. The molecule has 3 unspecified atom stereocenters. The van der Waals surface area contributed by atoms with Gasteiger partial charge in [0.25, 0.3) is 0 Å². The van der Waals surface area contributed by atoms with Crippen LogP contribution in [0.15, 0.2) is 25.3 Å². The summed E-state index contributed by atoms with van der Waals surface area (Å²) in [6, 6.07) is 0. The summed E-state index contributed by atoms with van der Waals surface area (Å²) in [4.78, 5) is 45.9. The van der Waals surface area contributed by atoms with E-state index in [-0.39, 0.29) is 25.0 Å². The van der Waals surface area contributed by atoms with E-state index in [0.29, 0.717) is 13.1 Å². The molecule has 0 heterocycles. The first-order valence-electron chi connectivity index (χ1n) is 10.7. The Bertz CT molecular complexity index is 612. The minimum Gasteiger partial charge on any atom is -0.459 e. The van der Waals surface area contributed by atoms with E-state index < -0.39 is 36.3 Å². The molecule has 10 nitrogen and oxygen atoms in total. The largest absolute Gasteiger partial charge is 0.459 e. The van der Waals surface area contributed by atoms with Crippen molar-refractivity contribution >= 4 is 24.1 Å². The third-order valence-corrected chi connectivity index (χ3v) is 4.83. The highest BCUT2D eigenvalue weighted by atomic mass is 16.6. The lowest BCUT2D eigenvalue weighted by molar-refractivity contribution is -0.141. The quantitative estimate of drug-likeness (QED) is 0.261. The minimum absolute atomic E-state index is 0.0408. The maximum absolute atomic E-state index is 11.9. The van der Waals surface area contributed by atoms with Crippen LogP contribution in [0.4, 0.5) is 9.59 Å². The summed E-state index contributed by atoms with van der Waals surface area (Å²) in [6.07, 6.45) is 3.59. The van der Waals surface area contributed by atoms with Crippen LogP contribution in [0.1, 0.15) is 39.5 Å². The number of carbonyl (C=O) groups is 4. The lowest BCUT2D eigenvalue weighted by atomic mass is 9.81. The Morgan fingerprint density at radius 3 is 1.62 bits per heavy atom. The van der Waals surface area contributed by atoms with Crippen molar-refractivity contribution in [2.24, 2.45) is 11.8 Å². The zero-order valence-electron chi connectivity index (χ0n) is 18.8. The molecule has 1 rings (SSSR count). The van der Waals surface area contributed by atoms with Crippen LogP contribution in [0.3, 0.4) is 0 Å². The molecule has 1 aliphatic rings. The van der Waals surface area contributed by atoms with Gasteiger partial charge in [0.05, 0.1) is 0 Å². The highest BCUT2D eigenvalue weighted by molar-refractivity contribution is 5.81. The number of nitrogens with one attached hydrogen (secondary N) is 2. The Morgan fingerprint density at radius 1 is 0.844 bits per heavy atom. The Labute approximate surface area is 188 Å². The predicted molar refractivity (Wildman–Crippen MR) is 116 cm³/mol. The Hall–Kier alpha value is -3.04. The summed E-state index contributed by atoms with van der Waals surface area (Å²) < 4.78 is 20.0. The van der Waals surface area contributed by atoms with Crippen molar-refractivity contribution in [2.75, 3.05) is 26.3 Å². The van der Waals surface area contributed by atoms with Gasteiger partial charge in [-0.3, -0.25) is 0 Å². The van der Waals surface area contributed by atoms with Gasteiger partial charge in [-0.25, -0.2) is 19.2 Å². The number of carbonyl (C=O) groups excluding carboxylic acids is 4. The van der Waals surface area contributed by atoms with Crippen molar-refractivity contribution in [3.63, 3.8) is 0 Å². The Balaban J connectivity index is 2.24. The highest BCUT2D eigenvalue weighted by Crippen LogP contribution is 2.28. The van der Waals surface area contributed by atoms with Gasteiger partial charge in [0.2, 0.25) is 0 Å². The topological polar surface area (TPSA) is 129 Å². The fourth-order valence-electron chi connectivity index (χ4n) is 3.26. The fraction of sp³-hybridized carbons (Fsp3) is 0.636. The Kier molecular flexibility index (Phi) is 12.5. The third-order valence-electron chi connectivity index (χ3n) is 4.83.